The molecule has 0 radical (unpaired) electrons. The number of aromatic amines is 1. The van der Waals surface area contributed by atoms with Crippen molar-refractivity contribution in [2.45, 2.75) is 38.1 Å². The van der Waals surface area contributed by atoms with Gasteiger partial charge >= 0.3 is 0 Å². The number of hydrogen-bond acceptors (Lipinski definition) is 9. The van der Waals surface area contributed by atoms with E-state index in [0.717, 1.165) is 12.7 Å². The second-order valence-electron chi connectivity index (χ2n) is 10.8. The number of para-hydroxylation sites is 1. The maximum Gasteiger partial charge on any atom is 0.277 e. The van der Waals surface area contributed by atoms with Crippen molar-refractivity contribution in [3.63, 3.8) is 0 Å². The number of aromatic nitrogens is 4. The van der Waals surface area contributed by atoms with Crippen LogP contribution in [0.15, 0.2) is 52.2 Å². The molecule has 0 aliphatic carbocycles. The van der Waals surface area contributed by atoms with Crippen LogP contribution in [-0.4, -0.2) is 91.9 Å². The van der Waals surface area contributed by atoms with Gasteiger partial charge in [-0.3, -0.25) is 14.2 Å². The van der Waals surface area contributed by atoms with Crippen LogP contribution in [0.25, 0.3) is 22.4 Å². The van der Waals surface area contributed by atoms with Crippen LogP contribution in [0.1, 0.15) is 31.5 Å². The molecule has 1 saturated heterocycles. The zero-order chi connectivity index (χ0) is 31.6. The van der Waals surface area contributed by atoms with E-state index in [2.05, 4.69) is 14.6 Å². The summed E-state index contributed by atoms with van der Waals surface area (Å²) in [6, 6.07) is 11.5. The van der Waals surface area contributed by atoms with Crippen molar-refractivity contribution in [2.24, 2.45) is 0 Å². The van der Waals surface area contributed by atoms with Crippen LogP contribution in [0, 0.1) is 0 Å². The lowest BCUT2D eigenvalue weighted by Gasteiger charge is -2.31. The Kier molecular flexibility index (Phi) is 9.11. The van der Waals surface area contributed by atoms with E-state index in [0.29, 0.717) is 73.0 Å². The molecule has 0 atom stereocenters. The van der Waals surface area contributed by atoms with Gasteiger partial charge in [0.25, 0.3) is 5.56 Å². The standard InChI is InChI=1S/C29H37N7O6S2/c1-5-9-24-26-27(36(32-24)19-20-10-7-8-11-23(20)33-43(4,38)39)29(37)31-28(30-26)22-18-21(12-13-25(22)42-6-2)44(40,41)35-16-14-34(3)15-17-35/h7-8,10-13,18,33H,5-6,9,14-17,19H2,1-4H3,(H,30,31,37). The molecular formula is C29H37N7O6S2. The second-order valence-corrected chi connectivity index (χ2v) is 14.5. The minimum atomic E-state index is -3.80. The average Bonchev–Trinajstić information content (AvgIpc) is 3.31. The summed E-state index contributed by atoms with van der Waals surface area (Å²) in [6.45, 7) is 6.27. The van der Waals surface area contributed by atoms with Crippen molar-refractivity contribution in [1.29, 1.82) is 0 Å². The number of sulfonamides is 2. The van der Waals surface area contributed by atoms with Gasteiger partial charge in [0.2, 0.25) is 20.0 Å². The van der Waals surface area contributed by atoms with Gasteiger partial charge in [-0.1, -0.05) is 31.5 Å². The maximum absolute atomic E-state index is 13.7. The van der Waals surface area contributed by atoms with E-state index in [1.54, 1.807) is 30.3 Å². The fourth-order valence-electron chi connectivity index (χ4n) is 5.23. The quantitative estimate of drug-likeness (QED) is 0.250. The number of hydrogen-bond donors (Lipinski definition) is 2. The lowest BCUT2D eigenvalue weighted by Crippen LogP contribution is -2.47. The fourth-order valence-corrected chi connectivity index (χ4v) is 7.28. The molecule has 0 amide bonds. The van der Waals surface area contributed by atoms with E-state index in [4.69, 9.17) is 14.8 Å². The summed E-state index contributed by atoms with van der Waals surface area (Å²) in [5, 5.41) is 4.71. The van der Waals surface area contributed by atoms with Crippen LogP contribution >= 0.6 is 0 Å². The summed E-state index contributed by atoms with van der Waals surface area (Å²) in [5.41, 5.74) is 2.09. The number of nitrogens with zero attached hydrogens (tertiary/aromatic N) is 5. The molecule has 2 N–H and O–H groups in total. The van der Waals surface area contributed by atoms with Crippen LogP contribution in [0.2, 0.25) is 0 Å². The molecule has 1 aliphatic heterocycles. The van der Waals surface area contributed by atoms with Gasteiger partial charge in [-0.15, -0.1) is 0 Å². The second kappa shape index (κ2) is 12.7. The fraction of sp³-hybridized carbons (Fsp3) is 0.414. The molecule has 13 nitrogen and oxygen atoms in total. The van der Waals surface area contributed by atoms with Crippen molar-refractivity contribution >= 4 is 36.8 Å². The van der Waals surface area contributed by atoms with Gasteiger partial charge in [0, 0.05) is 26.2 Å². The van der Waals surface area contributed by atoms with Gasteiger partial charge in [-0.2, -0.15) is 9.40 Å². The highest BCUT2D eigenvalue weighted by Crippen LogP contribution is 2.32. The molecule has 2 aromatic heterocycles. The van der Waals surface area contributed by atoms with Crippen LogP contribution < -0.4 is 15.0 Å². The molecule has 5 rings (SSSR count). The Labute approximate surface area is 257 Å². The third-order valence-electron chi connectivity index (χ3n) is 7.39. The lowest BCUT2D eigenvalue weighted by atomic mass is 10.1. The van der Waals surface area contributed by atoms with Crippen molar-refractivity contribution in [3.8, 4) is 17.1 Å². The normalized spacial score (nSPS) is 15.1. The molecule has 236 valence electrons. The summed E-state index contributed by atoms with van der Waals surface area (Å²) in [6.07, 6.45) is 2.36. The highest BCUT2D eigenvalue weighted by Gasteiger charge is 2.29. The summed E-state index contributed by atoms with van der Waals surface area (Å²) < 4.78 is 62.4. The van der Waals surface area contributed by atoms with Crippen molar-refractivity contribution in [1.82, 2.24) is 29.0 Å². The number of anilines is 1. The zero-order valence-electron chi connectivity index (χ0n) is 25.2. The Morgan fingerprint density at radius 1 is 1.02 bits per heavy atom. The highest BCUT2D eigenvalue weighted by molar-refractivity contribution is 7.92. The first-order chi connectivity index (χ1) is 20.9. The number of H-pyrrole nitrogens is 1. The molecule has 0 saturated carbocycles. The number of piperazine rings is 1. The van der Waals surface area contributed by atoms with E-state index in [1.807, 2.05) is 20.9 Å². The van der Waals surface area contributed by atoms with E-state index in [1.165, 1.54) is 21.1 Å². The predicted octanol–water partition coefficient (Wildman–Crippen LogP) is 2.49. The molecule has 4 aromatic rings. The summed E-state index contributed by atoms with van der Waals surface area (Å²) in [7, 11) is -5.38. The predicted molar refractivity (Wildman–Crippen MR) is 169 cm³/mol. The van der Waals surface area contributed by atoms with E-state index in [9.17, 15) is 21.6 Å². The van der Waals surface area contributed by atoms with Gasteiger partial charge in [0.15, 0.2) is 5.52 Å². The van der Waals surface area contributed by atoms with Crippen LogP contribution in [0.5, 0.6) is 5.75 Å². The first kappa shape index (κ1) is 31.6. The molecule has 0 spiro atoms. The Morgan fingerprint density at radius 2 is 1.75 bits per heavy atom. The van der Waals surface area contributed by atoms with Crippen LogP contribution in [0.3, 0.4) is 0 Å². The number of rotatable bonds is 11. The minimum absolute atomic E-state index is 0.0858. The molecule has 2 aromatic carbocycles. The number of fused-ring (bicyclic) bond motifs is 1. The van der Waals surface area contributed by atoms with Gasteiger partial charge in [-0.25, -0.2) is 21.8 Å². The molecule has 15 heteroatoms. The number of benzene rings is 2. The molecule has 0 bridgehead atoms. The molecule has 1 aliphatic rings. The third kappa shape index (κ3) is 6.65. The van der Waals surface area contributed by atoms with Crippen molar-refractivity contribution < 1.29 is 21.6 Å². The largest absolute Gasteiger partial charge is 0.493 e. The molecule has 0 unspecified atom stereocenters. The molecule has 3 heterocycles. The SMILES string of the molecule is CCCc1nn(Cc2ccccc2NS(C)(=O)=O)c2c(=O)[nH]c(-c3cc(S(=O)(=O)N4CCN(C)CC4)ccc3OCC)nc12. The van der Waals surface area contributed by atoms with Crippen molar-refractivity contribution in [3.05, 3.63) is 64.1 Å². The van der Waals surface area contributed by atoms with Crippen LogP contribution in [-0.2, 0) is 33.0 Å². The lowest BCUT2D eigenvalue weighted by molar-refractivity contribution is 0.222. The molecule has 44 heavy (non-hydrogen) atoms. The Bertz CT molecular complexity index is 1950. The first-order valence-corrected chi connectivity index (χ1v) is 17.8. The number of likely N-dealkylation sites (N-methyl/N-ethyl adjacent to an activating group) is 1. The summed E-state index contributed by atoms with van der Waals surface area (Å²) in [5.74, 6) is 0.551. The average molecular weight is 644 g/mol. The maximum atomic E-state index is 13.7. The highest BCUT2D eigenvalue weighted by atomic mass is 32.2. The van der Waals surface area contributed by atoms with E-state index in [-0.39, 0.29) is 22.8 Å². The number of ether oxygens (including phenoxy) is 1. The number of aryl methyl sites for hydroxylation is 1. The Balaban J connectivity index is 1.62. The molecular weight excluding hydrogens is 606 g/mol. The Hall–Kier alpha value is -3.79. The monoisotopic (exact) mass is 643 g/mol. The van der Waals surface area contributed by atoms with Gasteiger partial charge in [-0.05, 0) is 50.2 Å². The van der Waals surface area contributed by atoms with Gasteiger partial charge < -0.3 is 14.6 Å². The van der Waals surface area contributed by atoms with E-state index >= 15 is 0 Å². The minimum Gasteiger partial charge on any atom is -0.493 e. The molecule has 1 fully saturated rings. The van der Waals surface area contributed by atoms with Gasteiger partial charge in [0.05, 0.1) is 41.2 Å². The van der Waals surface area contributed by atoms with Gasteiger partial charge in [0.1, 0.15) is 17.1 Å². The van der Waals surface area contributed by atoms with Crippen molar-refractivity contribution in [2.75, 3.05) is 50.8 Å². The van der Waals surface area contributed by atoms with Crippen LogP contribution in [0.4, 0.5) is 5.69 Å². The smallest absolute Gasteiger partial charge is 0.277 e. The number of nitrogens with one attached hydrogen (secondary N) is 2. The zero-order valence-corrected chi connectivity index (χ0v) is 26.8. The first-order valence-electron chi connectivity index (χ1n) is 14.4. The Morgan fingerprint density at radius 3 is 2.43 bits per heavy atom. The summed E-state index contributed by atoms with van der Waals surface area (Å²) in [4.78, 5) is 23.5. The summed E-state index contributed by atoms with van der Waals surface area (Å²) >= 11 is 0. The topological polar surface area (TPSA) is 160 Å². The van der Waals surface area contributed by atoms with E-state index < -0.39 is 25.6 Å². The third-order valence-corrected chi connectivity index (χ3v) is 9.88.